The van der Waals surface area contributed by atoms with Gasteiger partial charge in [-0.15, -0.1) is 0 Å². The molecule has 86 valence electrons. The fourth-order valence-electron chi connectivity index (χ4n) is 2.29. The van der Waals surface area contributed by atoms with Crippen molar-refractivity contribution in [1.82, 2.24) is 4.98 Å². The van der Waals surface area contributed by atoms with Gasteiger partial charge in [0.1, 0.15) is 5.82 Å². The minimum Gasteiger partial charge on any atom is -0.388 e. The summed E-state index contributed by atoms with van der Waals surface area (Å²) in [4.78, 5) is 6.53. The lowest BCUT2D eigenvalue weighted by Crippen LogP contribution is -2.27. The van der Waals surface area contributed by atoms with E-state index in [1.54, 1.807) is 6.20 Å². The van der Waals surface area contributed by atoms with Crippen LogP contribution in [0.25, 0.3) is 0 Å². The standard InChI is InChI=1S/C14H14N2O/c17-13-8-10-16(14-7-3-4-9-15-14)12-6-2-1-5-11(12)13/h1-7,9,13,17H,8,10H2. The van der Waals surface area contributed by atoms with E-state index in [2.05, 4.69) is 9.88 Å². The molecule has 1 aliphatic rings. The fourth-order valence-corrected chi connectivity index (χ4v) is 2.29. The Morgan fingerprint density at radius 2 is 1.94 bits per heavy atom. The van der Waals surface area contributed by atoms with Crippen LogP contribution >= 0.6 is 0 Å². The molecule has 1 aliphatic heterocycles. The van der Waals surface area contributed by atoms with Crippen molar-refractivity contribution in [3.05, 3.63) is 54.2 Å². The molecule has 0 fully saturated rings. The summed E-state index contributed by atoms with van der Waals surface area (Å²) < 4.78 is 0. The SMILES string of the molecule is OC1CCN(c2ccccn2)c2ccccc21. The topological polar surface area (TPSA) is 36.4 Å². The molecule has 1 unspecified atom stereocenters. The van der Waals surface area contributed by atoms with Gasteiger partial charge in [-0.3, -0.25) is 0 Å². The predicted molar refractivity (Wildman–Crippen MR) is 67.3 cm³/mol. The summed E-state index contributed by atoms with van der Waals surface area (Å²) in [7, 11) is 0. The van der Waals surface area contributed by atoms with Gasteiger partial charge in [-0.05, 0) is 24.6 Å². The van der Waals surface area contributed by atoms with Gasteiger partial charge in [0.05, 0.1) is 6.10 Å². The molecule has 1 aromatic heterocycles. The fraction of sp³-hybridized carbons (Fsp3) is 0.214. The highest BCUT2D eigenvalue weighted by molar-refractivity contribution is 5.65. The molecular weight excluding hydrogens is 212 g/mol. The van der Waals surface area contributed by atoms with Crippen LogP contribution in [0.1, 0.15) is 18.1 Å². The Hall–Kier alpha value is -1.87. The summed E-state index contributed by atoms with van der Waals surface area (Å²) in [6.45, 7) is 0.801. The molecule has 0 aliphatic carbocycles. The Morgan fingerprint density at radius 1 is 1.12 bits per heavy atom. The van der Waals surface area contributed by atoms with Crippen LogP contribution in [0, 0.1) is 0 Å². The van der Waals surface area contributed by atoms with Crippen molar-refractivity contribution in [1.29, 1.82) is 0 Å². The first-order chi connectivity index (χ1) is 8.36. The Morgan fingerprint density at radius 3 is 2.76 bits per heavy atom. The second kappa shape index (κ2) is 4.18. The van der Waals surface area contributed by atoms with E-state index in [9.17, 15) is 5.11 Å². The quantitative estimate of drug-likeness (QED) is 0.812. The molecule has 2 aromatic rings. The van der Waals surface area contributed by atoms with Gasteiger partial charge < -0.3 is 10.0 Å². The molecule has 3 heteroatoms. The van der Waals surface area contributed by atoms with Crippen LogP contribution in [-0.2, 0) is 0 Å². The van der Waals surface area contributed by atoms with E-state index < -0.39 is 0 Å². The van der Waals surface area contributed by atoms with Gasteiger partial charge >= 0.3 is 0 Å². The van der Waals surface area contributed by atoms with Crippen LogP contribution in [0.4, 0.5) is 11.5 Å². The van der Waals surface area contributed by atoms with E-state index in [0.717, 1.165) is 30.0 Å². The molecule has 0 saturated heterocycles. The number of hydrogen-bond acceptors (Lipinski definition) is 3. The largest absolute Gasteiger partial charge is 0.388 e. The van der Waals surface area contributed by atoms with E-state index in [1.165, 1.54) is 0 Å². The molecule has 0 amide bonds. The first-order valence-corrected chi connectivity index (χ1v) is 5.82. The summed E-state index contributed by atoms with van der Waals surface area (Å²) in [6.07, 6.45) is 2.18. The molecule has 3 rings (SSSR count). The van der Waals surface area contributed by atoms with Crippen molar-refractivity contribution in [2.24, 2.45) is 0 Å². The third-order valence-electron chi connectivity index (χ3n) is 3.14. The first-order valence-electron chi connectivity index (χ1n) is 5.82. The predicted octanol–water partition coefficient (Wildman–Crippen LogP) is 2.66. The van der Waals surface area contributed by atoms with Gasteiger partial charge in [-0.25, -0.2) is 4.98 Å². The molecule has 2 heterocycles. The van der Waals surface area contributed by atoms with Crippen LogP contribution in [0.3, 0.4) is 0 Å². The lowest BCUT2D eigenvalue weighted by atomic mass is 9.99. The van der Waals surface area contributed by atoms with E-state index in [-0.39, 0.29) is 6.10 Å². The van der Waals surface area contributed by atoms with Gasteiger partial charge in [0.2, 0.25) is 0 Å². The summed E-state index contributed by atoms with van der Waals surface area (Å²) >= 11 is 0. The highest BCUT2D eigenvalue weighted by Gasteiger charge is 2.24. The summed E-state index contributed by atoms with van der Waals surface area (Å²) in [5.74, 6) is 0.937. The van der Waals surface area contributed by atoms with Gasteiger partial charge in [0, 0.05) is 24.0 Å². The molecule has 0 radical (unpaired) electrons. The van der Waals surface area contributed by atoms with Crippen LogP contribution in [0.2, 0.25) is 0 Å². The molecule has 3 nitrogen and oxygen atoms in total. The van der Waals surface area contributed by atoms with E-state index in [4.69, 9.17) is 0 Å². The Kier molecular flexibility index (Phi) is 2.53. The maximum Gasteiger partial charge on any atom is 0.132 e. The number of aromatic nitrogens is 1. The number of aliphatic hydroxyl groups excluding tert-OH is 1. The Labute approximate surface area is 100 Å². The number of aliphatic hydroxyl groups is 1. The number of para-hydroxylation sites is 1. The molecule has 0 spiro atoms. The monoisotopic (exact) mass is 226 g/mol. The molecule has 17 heavy (non-hydrogen) atoms. The van der Waals surface area contributed by atoms with Crippen molar-refractivity contribution in [3.8, 4) is 0 Å². The Balaban J connectivity index is 2.07. The van der Waals surface area contributed by atoms with E-state index in [1.807, 2.05) is 42.5 Å². The van der Waals surface area contributed by atoms with E-state index >= 15 is 0 Å². The molecular formula is C14H14N2O. The zero-order valence-corrected chi connectivity index (χ0v) is 9.45. The minimum absolute atomic E-state index is 0.355. The van der Waals surface area contributed by atoms with Gasteiger partial charge in [0.15, 0.2) is 0 Å². The van der Waals surface area contributed by atoms with Crippen molar-refractivity contribution in [2.75, 3.05) is 11.4 Å². The summed E-state index contributed by atoms with van der Waals surface area (Å²) in [5.41, 5.74) is 2.05. The smallest absolute Gasteiger partial charge is 0.132 e. The van der Waals surface area contributed by atoms with Crippen molar-refractivity contribution >= 4 is 11.5 Å². The average Bonchev–Trinajstić information content (AvgIpc) is 2.41. The number of hydrogen-bond donors (Lipinski definition) is 1. The van der Waals surface area contributed by atoms with Crippen molar-refractivity contribution in [3.63, 3.8) is 0 Å². The zero-order chi connectivity index (χ0) is 11.7. The number of rotatable bonds is 1. The van der Waals surface area contributed by atoms with Crippen LogP contribution in [-0.4, -0.2) is 16.6 Å². The highest BCUT2D eigenvalue weighted by Crippen LogP contribution is 2.36. The van der Waals surface area contributed by atoms with Gasteiger partial charge in [-0.2, -0.15) is 0 Å². The minimum atomic E-state index is -0.355. The summed E-state index contributed by atoms with van der Waals surface area (Å²) in [6, 6.07) is 13.9. The highest BCUT2D eigenvalue weighted by atomic mass is 16.3. The van der Waals surface area contributed by atoms with E-state index in [0.29, 0.717) is 0 Å². The number of pyridine rings is 1. The molecule has 1 N–H and O–H groups in total. The maximum absolute atomic E-state index is 9.98. The third kappa shape index (κ3) is 1.78. The lowest BCUT2D eigenvalue weighted by molar-refractivity contribution is 0.165. The molecule has 0 saturated carbocycles. The van der Waals surface area contributed by atoms with Crippen LogP contribution in [0.15, 0.2) is 48.7 Å². The normalized spacial score (nSPS) is 18.9. The molecule has 1 aromatic carbocycles. The second-order valence-electron chi connectivity index (χ2n) is 4.20. The van der Waals surface area contributed by atoms with Crippen LogP contribution in [0.5, 0.6) is 0 Å². The summed E-state index contributed by atoms with van der Waals surface area (Å²) in [5, 5.41) is 9.98. The number of anilines is 2. The van der Waals surface area contributed by atoms with Crippen LogP contribution < -0.4 is 4.90 Å². The molecule has 1 atom stereocenters. The number of benzene rings is 1. The van der Waals surface area contributed by atoms with Gasteiger partial charge in [0.25, 0.3) is 0 Å². The van der Waals surface area contributed by atoms with Gasteiger partial charge in [-0.1, -0.05) is 24.3 Å². The average molecular weight is 226 g/mol. The lowest BCUT2D eigenvalue weighted by Gasteiger charge is -2.32. The van der Waals surface area contributed by atoms with Crippen molar-refractivity contribution < 1.29 is 5.11 Å². The molecule has 0 bridgehead atoms. The first kappa shape index (κ1) is 10.3. The number of fused-ring (bicyclic) bond motifs is 1. The third-order valence-corrected chi connectivity index (χ3v) is 3.14. The Bertz CT molecular complexity index is 513. The second-order valence-corrected chi connectivity index (χ2v) is 4.20. The maximum atomic E-state index is 9.98. The number of nitrogens with zero attached hydrogens (tertiary/aromatic N) is 2. The zero-order valence-electron chi connectivity index (χ0n) is 9.45. The van der Waals surface area contributed by atoms with Crippen molar-refractivity contribution in [2.45, 2.75) is 12.5 Å².